The molecule has 24 heavy (non-hydrogen) atoms. The lowest BCUT2D eigenvalue weighted by molar-refractivity contribution is -0.129. The van der Waals surface area contributed by atoms with Gasteiger partial charge in [0.25, 0.3) is 0 Å². The first kappa shape index (κ1) is 15.7. The van der Waals surface area contributed by atoms with Gasteiger partial charge in [0.15, 0.2) is 5.70 Å². The van der Waals surface area contributed by atoms with Crippen LogP contribution in [0.25, 0.3) is 6.08 Å². The number of carbonyl (C=O) groups excluding carboxylic acids is 1. The molecule has 0 fully saturated rings. The smallest absolute Gasteiger partial charge is 0.363 e. The third kappa shape index (κ3) is 3.12. The predicted molar refractivity (Wildman–Crippen MR) is 86.6 cm³/mol. The van der Waals surface area contributed by atoms with Crippen LogP contribution in [0.2, 0.25) is 0 Å². The van der Waals surface area contributed by atoms with Crippen molar-refractivity contribution >= 4 is 17.9 Å². The zero-order valence-electron chi connectivity index (χ0n) is 13.1. The Kier molecular flexibility index (Phi) is 4.29. The molecule has 0 aromatic heterocycles. The van der Waals surface area contributed by atoms with Gasteiger partial charge in [-0.2, -0.15) is 0 Å². The van der Waals surface area contributed by atoms with Gasteiger partial charge in [-0.15, -0.1) is 0 Å². The number of ether oxygens (including phenoxy) is 3. The van der Waals surface area contributed by atoms with Crippen molar-refractivity contribution in [3.63, 3.8) is 0 Å². The number of nitrogens with zero attached hydrogens (tertiary/aromatic N) is 1. The van der Waals surface area contributed by atoms with Crippen molar-refractivity contribution in [2.24, 2.45) is 4.99 Å². The van der Waals surface area contributed by atoms with Crippen LogP contribution in [0, 0.1) is 5.82 Å². The van der Waals surface area contributed by atoms with Crippen LogP contribution < -0.4 is 9.47 Å². The van der Waals surface area contributed by atoms with Crippen LogP contribution in [-0.2, 0) is 9.53 Å². The second-order valence-electron chi connectivity index (χ2n) is 4.95. The van der Waals surface area contributed by atoms with Crippen molar-refractivity contribution in [2.75, 3.05) is 14.2 Å². The van der Waals surface area contributed by atoms with Gasteiger partial charge in [0.2, 0.25) is 5.90 Å². The molecule has 2 aromatic carbocycles. The summed E-state index contributed by atoms with van der Waals surface area (Å²) in [7, 11) is 3.05. The Balaban J connectivity index is 1.98. The maximum atomic E-state index is 12.9. The van der Waals surface area contributed by atoms with Gasteiger partial charge in [-0.05, 0) is 42.0 Å². The van der Waals surface area contributed by atoms with Crippen LogP contribution in [0.3, 0.4) is 0 Å². The molecular weight excluding hydrogens is 313 g/mol. The van der Waals surface area contributed by atoms with E-state index in [-0.39, 0.29) is 17.4 Å². The standard InChI is InChI=1S/C18H14FNO4/c1-22-13-7-8-16(23-2)14(10-13)17-20-15(18(21)24-17)9-11-3-5-12(19)6-4-11/h3-10H,1-2H3/b15-9-. The molecule has 0 aliphatic carbocycles. The van der Waals surface area contributed by atoms with Crippen LogP contribution >= 0.6 is 0 Å². The number of rotatable bonds is 4. The van der Waals surface area contributed by atoms with Crippen LogP contribution in [0.15, 0.2) is 53.2 Å². The van der Waals surface area contributed by atoms with Gasteiger partial charge < -0.3 is 14.2 Å². The molecule has 0 atom stereocenters. The molecule has 2 aromatic rings. The molecule has 0 saturated heterocycles. The van der Waals surface area contributed by atoms with Crippen LogP contribution in [-0.4, -0.2) is 26.1 Å². The molecule has 1 aliphatic heterocycles. The number of esters is 1. The van der Waals surface area contributed by atoms with Crippen molar-refractivity contribution in [3.8, 4) is 11.5 Å². The van der Waals surface area contributed by atoms with E-state index in [9.17, 15) is 9.18 Å². The van der Waals surface area contributed by atoms with Crippen LogP contribution in [0.1, 0.15) is 11.1 Å². The average Bonchev–Trinajstić information content (AvgIpc) is 2.97. The monoisotopic (exact) mass is 327 g/mol. The number of methoxy groups -OCH3 is 2. The first-order valence-electron chi connectivity index (χ1n) is 7.11. The summed E-state index contributed by atoms with van der Waals surface area (Å²) in [5, 5.41) is 0. The molecule has 122 valence electrons. The molecule has 0 radical (unpaired) electrons. The van der Waals surface area contributed by atoms with Gasteiger partial charge >= 0.3 is 5.97 Å². The molecule has 5 nitrogen and oxygen atoms in total. The summed E-state index contributed by atoms with van der Waals surface area (Å²) in [4.78, 5) is 16.2. The van der Waals surface area contributed by atoms with E-state index in [4.69, 9.17) is 14.2 Å². The minimum Gasteiger partial charge on any atom is -0.497 e. The number of hydrogen-bond acceptors (Lipinski definition) is 5. The molecule has 3 rings (SSSR count). The lowest BCUT2D eigenvalue weighted by Gasteiger charge is -2.08. The second kappa shape index (κ2) is 6.54. The van der Waals surface area contributed by atoms with Crippen molar-refractivity contribution in [1.82, 2.24) is 0 Å². The highest BCUT2D eigenvalue weighted by Crippen LogP contribution is 2.28. The fraction of sp³-hybridized carbons (Fsp3) is 0.111. The summed E-state index contributed by atoms with van der Waals surface area (Å²) >= 11 is 0. The minimum absolute atomic E-state index is 0.126. The minimum atomic E-state index is -0.584. The second-order valence-corrected chi connectivity index (χ2v) is 4.95. The van der Waals surface area contributed by atoms with Crippen LogP contribution in [0.5, 0.6) is 11.5 Å². The zero-order valence-corrected chi connectivity index (χ0v) is 13.1. The third-order valence-electron chi connectivity index (χ3n) is 3.43. The van der Waals surface area contributed by atoms with Crippen molar-refractivity contribution in [1.29, 1.82) is 0 Å². The van der Waals surface area contributed by atoms with Gasteiger partial charge in [0, 0.05) is 0 Å². The summed E-state index contributed by atoms with van der Waals surface area (Å²) in [6, 6.07) is 10.8. The highest BCUT2D eigenvalue weighted by molar-refractivity contribution is 6.13. The maximum absolute atomic E-state index is 12.9. The summed E-state index contributed by atoms with van der Waals surface area (Å²) in [5.41, 5.74) is 1.28. The summed E-state index contributed by atoms with van der Waals surface area (Å²) in [6.45, 7) is 0. The van der Waals surface area contributed by atoms with E-state index in [0.717, 1.165) is 0 Å². The van der Waals surface area contributed by atoms with Gasteiger partial charge in [-0.25, -0.2) is 14.2 Å². The Morgan fingerprint density at radius 3 is 2.50 bits per heavy atom. The first-order valence-corrected chi connectivity index (χ1v) is 7.11. The molecule has 0 N–H and O–H groups in total. The van der Waals surface area contributed by atoms with E-state index in [0.29, 0.717) is 22.6 Å². The van der Waals surface area contributed by atoms with E-state index in [1.165, 1.54) is 32.4 Å². The van der Waals surface area contributed by atoms with Crippen LogP contribution in [0.4, 0.5) is 4.39 Å². The van der Waals surface area contributed by atoms with Gasteiger partial charge in [-0.1, -0.05) is 12.1 Å². The molecule has 0 unspecified atom stereocenters. The molecule has 6 heteroatoms. The summed E-state index contributed by atoms with van der Waals surface area (Å²) in [6.07, 6.45) is 1.53. The molecule has 1 aliphatic rings. The largest absolute Gasteiger partial charge is 0.497 e. The van der Waals surface area contributed by atoms with Gasteiger partial charge in [0.05, 0.1) is 19.8 Å². The Bertz CT molecular complexity index is 841. The maximum Gasteiger partial charge on any atom is 0.363 e. The van der Waals surface area contributed by atoms with Crippen molar-refractivity contribution < 1.29 is 23.4 Å². The fourth-order valence-corrected chi connectivity index (χ4v) is 2.22. The summed E-state index contributed by atoms with van der Waals surface area (Å²) in [5.74, 6) is 0.283. The van der Waals surface area contributed by atoms with Crippen molar-refractivity contribution in [3.05, 3.63) is 65.1 Å². The molecule has 0 spiro atoms. The lowest BCUT2D eigenvalue weighted by atomic mass is 10.2. The zero-order chi connectivity index (χ0) is 17.1. The highest BCUT2D eigenvalue weighted by atomic mass is 19.1. The number of halogens is 1. The molecular formula is C18H14FNO4. The number of hydrogen-bond donors (Lipinski definition) is 0. The molecule has 0 bridgehead atoms. The third-order valence-corrected chi connectivity index (χ3v) is 3.43. The number of aliphatic imine (C=N–C) groups is 1. The topological polar surface area (TPSA) is 57.1 Å². The molecule has 1 heterocycles. The first-order chi connectivity index (χ1) is 11.6. The Labute approximate surface area is 138 Å². The van der Waals surface area contributed by atoms with E-state index < -0.39 is 5.97 Å². The number of carbonyl (C=O) groups is 1. The highest BCUT2D eigenvalue weighted by Gasteiger charge is 2.26. The normalized spacial score (nSPS) is 15.2. The predicted octanol–water partition coefficient (Wildman–Crippen LogP) is 3.19. The quantitative estimate of drug-likeness (QED) is 0.639. The Morgan fingerprint density at radius 2 is 1.83 bits per heavy atom. The average molecular weight is 327 g/mol. The van der Waals surface area contributed by atoms with E-state index in [1.54, 1.807) is 30.3 Å². The number of benzene rings is 2. The number of cyclic esters (lactones) is 1. The SMILES string of the molecule is COc1ccc(OC)c(C2=N/C(=C\c3ccc(F)cc3)C(=O)O2)c1. The molecule has 0 amide bonds. The van der Waals surface area contributed by atoms with E-state index >= 15 is 0 Å². The Hall–Kier alpha value is -3.15. The van der Waals surface area contributed by atoms with Gasteiger partial charge in [-0.3, -0.25) is 0 Å². The van der Waals surface area contributed by atoms with Crippen molar-refractivity contribution in [2.45, 2.75) is 0 Å². The van der Waals surface area contributed by atoms with E-state index in [1.807, 2.05) is 0 Å². The molecule has 0 saturated carbocycles. The van der Waals surface area contributed by atoms with E-state index in [2.05, 4.69) is 4.99 Å². The van der Waals surface area contributed by atoms with Gasteiger partial charge in [0.1, 0.15) is 17.3 Å². The fourth-order valence-electron chi connectivity index (χ4n) is 2.22. The Morgan fingerprint density at radius 1 is 1.08 bits per heavy atom. The lowest BCUT2D eigenvalue weighted by Crippen LogP contribution is -2.07. The summed E-state index contributed by atoms with van der Waals surface area (Å²) < 4.78 is 28.6.